The van der Waals surface area contributed by atoms with E-state index in [2.05, 4.69) is 12.1 Å². The Hall–Kier alpha value is -1.31. The molecule has 3 rings (SSSR count). The summed E-state index contributed by atoms with van der Waals surface area (Å²) in [6.45, 7) is 3.05. The van der Waals surface area contributed by atoms with Crippen molar-refractivity contribution in [2.24, 2.45) is 0 Å². The quantitative estimate of drug-likeness (QED) is 0.768. The highest BCUT2D eigenvalue weighted by Gasteiger charge is 2.36. The lowest BCUT2D eigenvalue weighted by Crippen LogP contribution is -2.48. The Balaban J connectivity index is 1.78. The van der Waals surface area contributed by atoms with Crippen LogP contribution in [0.1, 0.15) is 23.1 Å². The largest absolute Gasteiger partial charge is 0.331 e. The van der Waals surface area contributed by atoms with Crippen LogP contribution in [0.4, 0.5) is 0 Å². The van der Waals surface area contributed by atoms with Gasteiger partial charge in [-0.3, -0.25) is 9.59 Å². The highest BCUT2D eigenvalue weighted by atomic mass is 32.2. The number of carbonyl (C=O) groups excluding carboxylic acids is 2. The normalized spacial score (nSPS) is 17.2. The number of hydrogen-bond acceptors (Lipinski definition) is 5. The number of nitrogens with zero attached hydrogens (tertiary/aromatic N) is 2. The van der Waals surface area contributed by atoms with E-state index in [-0.39, 0.29) is 17.9 Å². The predicted molar refractivity (Wildman–Crippen MR) is 101 cm³/mol. The number of rotatable bonds is 6. The van der Waals surface area contributed by atoms with Crippen molar-refractivity contribution in [1.29, 1.82) is 0 Å². The van der Waals surface area contributed by atoms with Crippen LogP contribution in [-0.4, -0.2) is 39.3 Å². The second kappa shape index (κ2) is 8.18. The van der Waals surface area contributed by atoms with Gasteiger partial charge in [-0.25, -0.2) is 0 Å². The third-order valence-corrected chi connectivity index (χ3v) is 6.69. The summed E-state index contributed by atoms with van der Waals surface area (Å²) in [6, 6.07) is 7.79. The maximum Gasteiger partial charge on any atom is 0.246 e. The molecule has 1 fully saturated rings. The SMILES string of the molecule is CCC(=O)N1CSCC1C(=O)N(Cc1cccs1)Cc1cccs1. The topological polar surface area (TPSA) is 40.6 Å². The molecular formula is C17H20N2O2S3. The first-order chi connectivity index (χ1) is 11.7. The summed E-state index contributed by atoms with van der Waals surface area (Å²) in [5, 5.41) is 4.06. The van der Waals surface area contributed by atoms with Gasteiger partial charge in [-0.15, -0.1) is 34.4 Å². The summed E-state index contributed by atoms with van der Waals surface area (Å²) in [4.78, 5) is 31.3. The highest BCUT2D eigenvalue weighted by molar-refractivity contribution is 7.99. The molecule has 24 heavy (non-hydrogen) atoms. The van der Waals surface area contributed by atoms with Crippen molar-refractivity contribution in [1.82, 2.24) is 9.80 Å². The molecule has 0 bridgehead atoms. The number of thiophene rings is 2. The van der Waals surface area contributed by atoms with Crippen LogP contribution in [-0.2, 0) is 22.7 Å². The third kappa shape index (κ3) is 4.02. The summed E-state index contributed by atoms with van der Waals surface area (Å²) in [6.07, 6.45) is 0.445. The van der Waals surface area contributed by atoms with Crippen LogP contribution in [0.2, 0.25) is 0 Å². The summed E-state index contributed by atoms with van der Waals surface area (Å²) < 4.78 is 0. The Bertz CT molecular complexity index is 634. The number of thioether (sulfide) groups is 1. The van der Waals surface area contributed by atoms with Crippen LogP contribution in [0, 0.1) is 0 Å². The number of amides is 2. The smallest absolute Gasteiger partial charge is 0.246 e. The number of hydrogen-bond donors (Lipinski definition) is 0. The third-order valence-electron chi connectivity index (χ3n) is 3.96. The fourth-order valence-electron chi connectivity index (χ4n) is 2.70. The van der Waals surface area contributed by atoms with Crippen molar-refractivity contribution >= 4 is 46.2 Å². The van der Waals surface area contributed by atoms with E-state index < -0.39 is 0 Å². The molecule has 2 aromatic rings. The molecule has 1 aliphatic rings. The maximum atomic E-state index is 13.2. The molecule has 0 radical (unpaired) electrons. The van der Waals surface area contributed by atoms with Crippen LogP contribution in [0.15, 0.2) is 35.0 Å². The minimum atomic E-state index is -0.331. The predicted octanol–water partition coefficient (Wildman–Crippen LogP) is 3.65. The Morgan fingerprint density at radius 3 is 2.29 bits per heavy atom. The Morgan fingerprint density at radius 1 is 1.17 bits per heavy atom. The lowest BCUT2D eigenvalue weighted by atomic mass is 10.2. The summed E-state index contributed by atoms with van der Waals surface area (Å²) >= 11 is 4.98. The molecule has 4 nitrogen and oxygen atoms in total. The zero-order valence-electron chi connectivity index (χ0n) is 13.5. The van der Waals surface area contributed by atoms with Gasteiger partial charge in [-0.1, -0.05) is 19.1 Å². The molecular weight excluding hydrogens is 360 g/mol. The summed E-state index contributed by atoms with van der Waals surface area (Å²) in [7, 11) is 0. The zero-order valence-corrected chi connectivity index (χ0v) is 16.0. The second-order valence-corrected chi connectivity index (χ2v) is 8.65. The van der Waals surface area contributed by atoms with Gasteiger partial charge in [0.25, 0.3) is 0 Å². The Kier molecular flexibility index (Phi) is 5.97. The van der Waals surface area contributed by atoms with Gasteiger partial charge in [0.05, 0.1) is 19.0 Å². The Labute approximate surface area is 154 Å². The van der Waals surface area contributed by atoms with Crippen molar-refractivity contribution in [2.45, 2.75) is 32.5 Å². The standard InChI is InChI=1S/C17H20N2O2S3/c1-2-16(20)19-12-22-11-15(19)17(21)18(9-13-5-3-7-23-13)10-14-6-4-8-24-14/h3-8,15H,2,9-12H2,1H3. The van der Waals surface area contributed by atoms with Gasteiger partial charge in [0.15, 0.2) is 0 Å². The molecule has 2 aromatic heterocycles. The van der Waals surface area contributed by atoms with Gasteiger partial charge in [-0.05, 0) is 22.9 Å². The first-order valence-corrected chi connectivity index (χ1v) is 10.8. The average molecular weight is 381 g/mol. The van der Waals surface area contributed by atoms with Gasteiger partial charge in [-0.2, -0.15) is 0 Å². The van der Waals surface area contributed by atoms with E-state index >= 15 is 0 Å². The molecule has 0 aliphatic carbocycles. The van der Waals surface area contributed by atoms with E-state index in [0.717, 1.165) is 0 Å². The molecule has 1 unspecified atom stereocenters. The van der Waals surface area contributed by atoms with Crippen LogP contribution < -0.4 is 0 Å². The molecule has 0 N–H and O–H groups in total. The monoisotopic (exact) mass is 380 g/mol. The summed E-state index contributed by atoms with van der Waals surface area (Å²) in [5.74, 6) is 1.43. The van der Waals surface area contributed by atoms with Crippen LogP contribution in [0.25, 0.3) is 0 Å². The van der Waals surface area contributed by atoms with Gasteiger partial charge < -0.3 is 9.80 Å². The van der Waals surface area contributed by atoms with Crippen LogP contribution in [0.3, 0.4) is 0 Å². The van der Waals surface area contributed by atoms with E-state index in [1.54, 1.807) is 39.3 Å². The molecule has 2 amide bonds. The van der Waals surface area contributed by atoms with E-state index in [1.807, 2.05) is 34.7 Å². The van der Waals surface area contributed by atoms with Crippen molar-refractivity contribution in [3.8, 4) is 0 Å². The van der Waals surface area contributed by atoms with Crippen LogP contribution in [0.5, 0.6) is 0 Å². The average Bonchev–Trinajstić information content (AvgIpc) is 3.34. The molecule has 0 saturated carbocycles. The van der Waals surface area contributed by atoms with Gasteiger partial charge in [0, 0.05) is 21.9 Å². The minimum absolute atomic E-state index is 0.0589. The maximum absolute atomic E-state index is 13.2. The molecule has 1 atom stereocenters. The fourth-order valence-corrected chi connectivity index (χ4v) is 5.31. The van der Waals surface area contributed by atoms with Crippen molar-refractivity contribution in [2.75, 3.05) is 11.6 Å². The lowest BCUT2D eigenvalue weighted by Gasteiger charge is -2.29. The van der Waals surface area contributed by atoms with Gasteiger partial charge >= 0.3 is 0 Å². The molecule has 128 valence electrons. The molecule has 7 heteroatoms. The molecule has 3 heterocycles. The fraction of sp³-hybridized carbons (Fsp3) is 0.412. The summed E-state index contributed by atoms with van der Waals surface area (Å²) in [5.41, 5.74) is 0. The minimum Gasteiger partial charge on any atom is -0.331 e. The van der Waals surface area contributed by atoms with Gasteiger partial charge in [0.2, 0.25) is 11.8 Å². The lowest BCUT2D eigenvalue weighted by molar-refractivity contribution is -0.144. The van der Waals surface area contributed by atoms with Crippen molar-refractivity contribution in [3.63, 3.8) is 0 Å². The number of carbonyl (C=O) groups is 2. The first-order valence-electron chi connectivity index (χ1n) is 7.89. The van der Waals surface area contributed by atoms with Crippen molar-refractivity contribution in [3.05, 3.63) is 44.8 Å². The molecule has 1 aliphatic heterocycles. The highest BCUT2D eigenvalue weighted by Crippen LogP contribution is 2.26. The van der Waals surface area contributed by atoms with E-state index in [1.165, 1.54) is 9.75 Å². The van der Waals surface area contributed by atoms with E-state index in [0.29, 0.717) is 31.1 Å². The van der Waals surface area contributed by atoms with Gasteiger partial charge in [0.1, 0.15) is 6.04 Å². The molecule has 1 saturated heterocycles. The Morgan fingerprint density at radius 2 is 1.79 bits per heavy atom. The van der Waals surface area contributed by atoms with Crippen molar-refractivity contribution < 1.29 is 9.59 Å². The van der Waals surface area contributed by atoms with E-state index in [4.69, 9.17) is 0 Å². The van der Waals surface area contributed by atoms with Crippen LogP contribution >= 0.6 is 34.4 Å². The first kappa shape index (κ1) is 17.5. The van der Waals surface area contributed by atoms with E-state index in [9.17, 15) is 9.59 Å². The second-order valence-electron chi connectivity index (χ2n) is 5.59. The molecule has 0 aromatic carbocycles. The zero-order chi connectivity index (χ0) is 16.9. The molecule has 0 spiro atoms.